The molecule has 0 spiro atoms. The van der Waals surface area contributed by atoms with Gasteiger partial charge in [-0.3, -0.25) is 0 Å². The quantitative estimate of drug-likeness (QED) is 0.737. The minimum absolute atomic E-state index is 0.0296. The highest BCUT2D eigenvalue weighted by Gasteiger charge is 2.37. The van der Waals surface area contributed by atoms with Crippen molar-refractivity contribution in [3.8, 4) is 0 Å². The van der Waals surface area contributed by atoms with Crippen LogP contribution in [0.2, 0.25) is 0 Å². The number of hydrogen-bond donors (Lipinski definition) is 3. The molecule has 1 aromatic rings. The van der Waals surface area contributed by atoms with Gasteiger partial charge < -0.3 is 20.8 Å². The number of nitrogens with two attached hydrogens (primary N) is 1. The highest BCUT2D eigenvalue weighted by molar-refractivity contribution is 5.67. The third-order valence-corrected chi connectivity index (χ3v) is 4.38. The number of aliphatic hydroxyl groups excluding tert-OH is 2. The summed E-state index contributed by atoms with van der Waals surface area (Å²) in [5.74, 6) is 0.133. The van der Waals surface area contributed by atoms with E-state index in [-0.39, 0.29) is 24.7 Å². The van der Waals surface area contributed by atoms with Crippen LogP contribution in [0.3, 0.4) is 0 Å². The van der Waals surface area contributed by atoms with Gasteiger partial charge in [0.05, 0.1) is 6.61 Å². The predicted molar refractivity (Wildman–Crippen MR) is 83.2 cm³/mol. The maximum Gasteiger partial charge on any atom is 0.0501 e. The molecule has 0 bridgehead atoms. The van der Waals surface area contributed by atoms with Crippen LogP contribution in [0.4, 0.5) is 11.4 Å². The first-order valence-corrected chi connectivity index (χ1v) is 7.30. The van der Waals surface area contributed by atoms with Crippen LogP contribution in [-0.4, -0.2) is 35.5 Å². The number of anilines is 2. The Balaban J connectivity index is 2.50. The lowest BCUT2D eigenvalue weighted by Gasteiger charge is -2.48. The molecule has 1 heterocycles. The monoisotopic (exact) mass is 278 g/mol. The van der Waals surface area contributed by atoms with E-state index in [1.807, 2.05) is 13.0 Å². The Morgan fingerprint density at radius 1 is 1.35 bits per heavy atom. The first-order chi connectivity index (χ1) is 9.40. The van der Waals surface area contributed by atoms with Crippen molar-refractivity contribution in [3.05, 3.63) is 23.3 Å². The van der Waals surface area contributed by atoms with Crippen LogP contribution in [0.1, 0.15) is 43.7 Å². The van der Waals surface area contributed by atoms with Crippen molar-refractivity contribution < 1.29 is 10.2 Å². The maximum atomic E-state index is 9.69. The fraction of sp³-hybridized carbons (Fsp3) is 0.625. The lowest BCUT2D eigenvalue weighted by Crippen LogP contribution is -2.49. The van der Waals surface area contributed by atoms with Gasteiger partial charge >= 0.3 is 0 Å². The normalized spacial score (nSPS) is 20.9. The third kappa shape index (κ3) is 2.63. The SMILES string of the molecule is Cc1cc2c(cc1N)C(CO)CC(C)(C)N2CCCO. The summed E-state index contributed by atoms with van der Waals surface area (Å²) in [4.78, 5) is 2.34. The molecular formula is C16H26N2O2. The summed E-state index contributed by atoms with van der Waals surface area (Å²) in [6.45, 7) is 7.56. The van der Waals surface area contributed by atoms with E-state index >= 15 is 0 Å². The van der Waals surface area contributed by atoms with Gasteiger partial charge in [0.1, 0.15) is 0 Å². The molecule has 1 aromatic carbocycles. The van der Waals surface area contributed by atoms with Crippen LogP contribution >= 0.6 is 0 Å². The Labute approximate surface area is 121 Å². The molecule has 1 aliphatic rings. The summed E-state index contributed by atoms with van der Waals surface area (Å²) in [5.41, 5.74) is 10.1. The van der Waals surface area contributed by atoms with Crippen molar-refractivity contribution in [2.45, 2.75) is 45.1 Å². The molecule has 4 N–H and O–H groups in total. The maximum absolute atomic E-state index is 9.69. The zero-order chi connectivity index (χ0) is 14.9. The topological polar surface area (TPSA) is 69.7 Å². The Morgan fingerprint density at radius 2 is 2.05 bits per heavy atom. The molecule has 20 heavy (non-hydrogen) atoms. The summed E-state index contributed by atoms with van der Waals surface area (Å²) in [6.07, 6.45) is 1.64. The molecule has 2 rings (SSSR count). The van der Waals surface area contributed by atoms with Crippen molar-refractivity contribution in [1.82, 2.24) is 0 Å². The fourth-order valence-electron chi connectivity index (χ4n) is 3.25. The Morgan fingerprint density at radius 3 is 2.65 bits per heavy atom. The average molecular weight is 278 g/mol. The van der Waals surface area contributed by atoms with Crippen LogP contribution < -0.4 is 10.6 Å². The van der Waals surface area contributed by atoms with Crippen molar-refractivity contribution in [2.24, 2.45) is 0 Å². The Hall–Kier alpha value is -1.26. The van der Waals surface area contributed by atoms with Crippen LogP contribution in [0.15, 0.2) is 12.1 Å². The number of aliphatic hydroxyl groups is 2. The number of benzene rings is 1. The van der Waals surface area contributed by atoms with E-state index in [1.165, 1.54) is 0 Å². The summed E-state index contributed by atoms with van der Waals surface area (Å²) in [5, 5.41) is 18.8. The Kier molecular flexibility index (Phi) is 4.25. The summed E-state index contributed by atoms with van der Waals surface area (Å²) >= 11 is 0. The van der Waals surface area contributed by atoms with Crippen LogP contribution in [0.5, 0.6) is 0 Å². The molecular weight excluding hydrogens is 252 g/mol. The van der Waals surface area contributed by atoms with Gasteiger partial charge in [-0.2, -0.15) is 0 Å². The van der Waals surface area contributed by atoms with E-state index in [0.29, 0.717) is 0 Å². The van der Waals surface area contributed by atoms with Gasteiger partial charge in [0.25, 0.3) is 0 Å². The van der Waals surface area contributed by atoms with E-state index in [4.69, 9.17) is 10.8 Å². The molecule has 0 radical (unpaired) electrons. The number of nitrogens with zero attached hydrogens (tertiary/aromatic N) is 1. The first kappa shape index (κ1) is 15.1. The van der Waals surface area contributed by atoms with Crippen molar-refractivity contribution in [1.29, 1.82) is 0 Å². The van der Waals surface area contributed by atoms with Crippen molar-refractivity contribution >= 4 is 11.4 Å². The molecule has 0 saturated carbocycles. The molecule has 112 valence electrons. The average Bonchev–Trinajstić information content (AvgIpc) is 2.39. The molecule has 0 aromatic heterocycles. The first-order valence-electron chi connectivity index (χ1n) is 7.30. The van der Waals surface area contributed by atoms with Crippen LogP contribution in [0.25, 0.3) is 0 Å². The summed E-state index contributed by atoms with van der Waals surface area (Å²) < 4.78 is 0. The lowest BCUT2D eigenvalue weighted by atomic mass is 9.78. The highest BCUT2D eigenvalue weighted by Crippen LogP contribution is 2.44. The smallest absolute Gasteiger partial charge is 0.0501 e. The molecule has 0 amide bonds. The van der Waals surface area contributed by atoms with Crippen LogP contribution in [-0.2, 0) is 0 Å². The Bertz CT molecular complexity index is 486. The van der Waals surface area contributed by atoms with Gasteiger partial charge in [-0.15, -0.1) is 0 Å². The van der Waals surface area contributed by atoms with E-state index in [0.717, 1.165) is 41.9 Å². The number of nitrogen functional groups attached to an aromatic ring is 1. The second kappa shape index (κ2) is 5.62. The van der Waals surface area contributed by atoms with Gasteiger partial charge in [-0.1, -0.05) is 0 Å². The molecule has 0 fully saturated rings. The van der Waals surface area contributed by atoms with Crippen molar-refractivity contribution in [3.63, 3.8) is 0 Å². The second-order valence-corrected chi connectivity index (χ2v) is 6.39. The molecule has 4 heteroatoms. The molecule has 1 aliphatic heterocycles. The molecule has 1 unspecified atom stereocenters. The van der Waals surface area contributed by atoms with Gasteiger partial charge in [-0.25, -0.2) is 0 Å². The third-order valence-electron chi connectivity index (χ3n) is 4.38. The second-order valence-electron chi connectivity index (χ2n) is 6.39. The molecule has 0 aliphatic carbocycles. The van der Waals surface area contributed by atoms with Gasteiger partial charge in [0, 0.05) is 36.0 Å². The zero-order valence-electron chi connectivity index (χ0n) is 12.7. The number of aryl methyl sites for hydroxylation is 1. The molecule has 0 saturated heterocycles. The summed E-state index contributed by atoms with van der Waals surface area (Å²) in [7, 11) is 0. The van der Waals surface area contributed by atoms with Gasteiger partial charge in [-0.05, 0) is 56.9 Å². The number of rotatable bonds is 4. The standard InChI is InChI=1S/C16H26N2O2/c1-11-7-15-13(8-14(11)17)12(10-20)9-16(2,3)18(15)5-4-6-19/h7-8,12,19-20H,4-6,9-10,17H2,1-3H3. The minimum atomic E-state index is -0.0296. The lowest BCUT2D eigenvalue weighted by molar-refractivity contribution is 0.226. The number of hydrogen-bond acceptors (Lipinski definition) is 4. The predicted octanol–water partition coefficient (Wildman–Crippen LogP) is 2.02. The zero-order valence-corrected chi connectivity index (χ0v) is 12.7. The summed E-state index contributed by atoms with van der Waals surface area (Å²) in [6, 6.07) is 4.12. The largest absolute Gasteiger partial charge is 0.399 e. The van der Waals surface area contributed by atoms with E-state index in [1.54, 1.807) is 0 Å². The van der Waals surface area contributed by atoms with E-state index < -0.39 is 0 Å². The molecule has 4 nitrogen and oxygen atoms in total. The van der Waals surface area contributed by atoms with Crippen molar-refractivity contribution in [2.75, 3.05) is 30.4 Å². The highest BCUT2D eigenvalue weighted by atomic mass is 16.3. The van der Waals surface area contributed by atoms with E-state index in [9.17, 15) is 5.11 Å². The number of fused-ring (bicyclic) bond motifs is 1. The van der Waals surface area contributed by atoms with Gasteiger partial charge in [0.15, 0.2) is 0 Å². The molecule has 1 atom stereocenters. The minimum Gasteiger partial charge on any atom is -0.399 e. The van der Waals surface area contributed by atoms with Crippen LogP contribution in [0, 0.1) is 6.92 Å². The van der Waals surface area contributed by atoms with E-state index in [2.05, 4.69) is 24.8 Å². The van der Waals surface area contributed by atoms with Gasteiger partial charge in [0.2, 0.25) is 0 Å². The fourth-order valence-corrected chi connectivity index (χ4v) is 3.25.